The second-order valence-corrected chi connectivity index (χ2v) is 8.45. The van der Waals surface area contributed by atoms with Gasteiger partial charge in [0.25, 0.3) is 0 Å². The number of phenols is 2. The first-order valence-corrected chi connectivity index (χ1v) is 10.4. The van der Waals surface area contributed by atoms with Crippen LogP contribution >= 0.6 is 0 Å². The van der Waals surface area contributed by atoms with Gasteiger partial charge in [-0.15, -0.1) is 0 Å². The maximum Gasteiger partial charge on any atom is 0.204 e. The van der Waals surface area contributed by atoms with Gasteiger partial charge >= 0.3 is 0 Å². The fourth-order valence-electron chi connectivity index (χ4n) is 3.83. The molecule has 0 bridgehead atoms. The van der Waals surface area contributed by atoms with Gasteiger partial charge in [0.05, 0.1) is 23.8 Å². The fraction of sp³-hybridized carbons (Fsp3) is 0.269. The summed E-state index contributed by atoms with van der Waals surface area (Å²) in [7, 11) is 1.50. The topological polar surface area (TPSA) is 89.1 Å². The van der Waals surface area contributed by atoms with Crippen molar-refractivity contribution < 1.29 is 24.1 Å². The number of aromatic hydroxyl groups is 2. The van der Waals surface area contributed by atoms with Crippen molar-refractivity contribution in [2.45, 2.75) is 33.8 Å². The summed E-state index contributed by atoms with van der Waals surface area (Å²) in [6.07, 6.45) is 4.76. The summed E-state index contributed by atoms with van der Waals surface area (Å²) < 4.78 is 17.7. The van der Waals surface area contributed by atoms with Crippen molar-refractivity contribution in [1.82, 2.24) is 0 Å². The number of rotatable bonds is 4. The molecule has 0 amide bonds. The van der Waals surface area contributed by atoms with Gasteiger partial charge in [-0.1, -0.05) is 31.6 Å². The van der Waals surface area contributed by atoms with Gasteiger partial charge in [0.15, 0.2) is 0 Å². The number of fused-ring (bicyclic) bond motifs is 4. The number of methoxy groups -OCH3 is 1. The molecule has 4 rings (SSSR count). The van der Waals surface area contributed by atoms with E-state index in [1.54, 1.807) is 18.2 Å². The van der Waals surface area contributed by atoms with Crippen molar-refractivity contribution >= 4 is 17.0 Å². The number of benzene rings is 2. The minimum atomic E-state index is -0.721. The van der Waals surface area contributed by atoms with Gasteiger partial charge in [0.2, 0.25) is 5.43 Å². The lowest BCUT2D eigenvalue weighted by Gasteiger charge is -2.26. The Labute approximate surface area is 186 Å². The lowest BCUT2D eigenvalue weighted by molar-refractivity contribution is 0.243. The summed E-state index contributed by atoms with van der Waals surface area (Å²) in [5.41, 5.74) is 2.06. The van der Waals surface area contributed by atoms with E-state index in [-0.39, 0.29) is 33.8 Å². The molecule has 1 aliphatic heterocycles. The number of ether oxygens (including phenoxy) is 2. The van der Waals surface area contributed by atoms with E-state index < -0.39 is 6.10 Å². The van der Waals surface area contributed by atoms with E-state index >= 15 is 0 Å². The molecule has 166 valence electrons. The van der Waals surface area contributed by atoms with Crippen molar-refractivity contribution in [2.24, 2.45) is 5.92 Å². The number of phenolic OH excluding ortho intramolecular Hbond substituents is 2. The van der Waals surface area contributed by atoms with Gasteiger partial charge in [0, 0.05) is 12.1 Å². The Balaban J connectivity index is 2.10. The van der Waals surface area contributed by atoms with Gasteiger partial charge in [-0.2, -0.15) is 0 Å². The number of hydrogen-bond donors (Lipinski definition) is 2. The molecule has 6 heteroatoms. The molecule has 1 aromatic heterocycles. The molecule has 0 unspecified atom stereocenters. The van der Waals surface area contributed by atoms with Crippen LogP contribution in [0.5, 0.6) is 23.0 Å². The van der Waals surface area contributed by atoms with E-state index in [0.717, 1.165) is 5.57 Å². The van der Waals surface area contributed by atoms with E-state index in [9.17, 15) is 15.0 Å². The zero-order valence-electron chi connectivity index (χ0n) is 18.7. The van der Waals surface area contributed by atoms with Crippen molar-refractivity contribution in [1.29, 1.82) is 0 Å². The first kappa shape index (κ1) is 21.6. The van der Waals surface area contributed by atoms with Gasteiger partial charge in [0.1, 0.15) is 45.8 Å². The summed E-state index contributed by atoms with van der Waals surface area (Å²) in [5, 5.41) is 21.1. The Morgan fingerprint density at radius 2 is 1.94 bits per heavy atom. The van der Waals surface area contributed by atoms with Crippen LogP contribution in [0, 0.1) is 5.92 Å². The molecule has 2 heterocycles. The maximum atomic E-state index is 13.7. The molecule has 0 saturated heterocycles. The van der Waals surface area contributed by atoms with Crippen molar-refractivity contribution in [3.8, 4) is 34.3 Å². The molecule has 3 aromatic rings. The molecule has 2 N–H and O–H groups in total. The highest BCUT2D eigenvalue weighted by atomic mass is 16.5. The predicted octanol–water partition coefficient (Wildman–Crippen LogP) is 5.95. The third-order valence-electron chi connectivity index (χ3n) is 5.29. The highest BCUT2D eigenvalue weighted by Gasteiger charge is 2.32. The van der Waals surface area contributed by atoms with E-state index in [0.29, 0.717) is 33.9 Å². The average Bonchev–Trinajstić information content (AvgIpc) is 2.71. The maximum absolute atomic E-state index is 13.7. The van der Waals surface area contributed by atoms with Crippen LogP contribution < -0.4 is 14.9 Å². The Kier molecular flexibility index (Phi) is 5.46. The van der Waals surface area contributed by atoms with Gasteiger partial charge in [-0.3, -0.25) is 4.79 Å². The normalized spacial score (nSPS) is 14.9. The molecule has 2 aromatic carbocycles. The van der Waals surface area contributed by atoms with Gasteiger partial charge < -0.3 is 24.1 Å². The third-order valence-corrected chi connectivity index (χ3v) is 5.29. The molecule has 1 aliphatic rings. The van der Waals surface area contributed by atoms with Crippen molar-refractivity contribution in [3.05, 3.63) is 63.3 Å². The molecule has 0 aliphatic carbocycles. The first-order valence-electron chi connectivity index (χ1n) is 10.4. The summed E-state index contributed by atoms with van der Waals surface area (Å²) in [6.45, 7) is 7.84. The van der Waals surface area contributed by atoms with Crippen LogP contribution in [-0.4, -0.2) is 17.3 Å². The Morgan fingerprint density at radius 3 is 2.59 bits per heavy atom. The predicted molar refractivity (Wildman–Crippen MR) is 124 cm³/mol. The molecular weight excluding hydrogens is 408 g/mol. The van der Waals surface area contributed by atoms with Crippen LogP contribution in [-0.2, 0) is 0 Å². The molecule has 0 fully saturated rings. The van der Waals surface area contributed by atoms with E-state index in [1.807, 2.05) is 39.8 Å². The Bertz CT molecular complexity index is 1320. The second-order valence-electron chi connectivity index (χ2n) is 8.45. The monoisotopic (exact) mass is 434 g/mol. The SMILES string of the molecule is COc1cc2oc3c(c(=O)c2c(O)c1C=CC(C)C)[C@H](C=C(C)C)Oc1cc(O)ccc1-3. The molecule has 0 spiro atoms. The zero-order chi connectivity index (χ0) is 23.2. The number of allylic oxidation sites excluding steroid dienone is 2. The van der Waals surface area contributed by atoms with Gasteiger partial charge in [-0.05, 0) is 38.0 Å². The molecule has 0 radical (unpaired) electrons. The van der Waals surface area contributed by atoms with Crippen LogP contribution in [0.4, 0.5) is 0 Å². The highest BCUT2D eigenvalue weighted by molar-refractivity contribution is 5.92. The van der Waals surface area contributed by atoms with Crippen molar-refractivity contribution in [3.63, 3.8) is 0 Å². The quantitative estimate of drug-likeness (QED) is 0.493. The van der Waals surface area contributed by atoms with Gasteiger partial charge in [-0.25, -0.2) is 0 Å². The molecule has 32 heavy (non-hydrogen) atoms. The highest BCUT2D eigenvalue weighted by Crippen LogP contribution is 2.46. The minimum Gasteiger partial charge on any atom is -0.508 e. The number of hydrogen-bond acceptors (Lipinski definition) is 6. The van der Waals surface area contributed by atoms with Crippen LogP contribution in [0.3, 0.4) is 0 Å². The minimum absolute atomic E-state index is 0.0483. The smallest absolute Gasteiger partial charge is 0.204 e. The standard InChI is InChI=1S/C26H26O6/c1-13(2)6-8-16-18(30-5)12-21-22(24(16)28)25(29)23-20(10-14(3)4)31-19-11-15(27)7-9-17(19)26(23)32-21/h6-13,20,27-28H,1-5H3/t20-/m0/s1. The van der Waals surface area contributed by atoms with E-state index in [1.165, 1.54) is 19.2 Å². The summed E-state index contributed by atoms with van der Waals surface area (Å²) in [4.78, 5) is 13.7. The molecule has 0 saturated carbocycles. The largest absolute Gasteiger partial charge is 0.508 e. The van der Waals surface area contributed by atoms with E-state index in [4.69, 9.17) is 13.9 Å². The Hall–Kier alpha value is -3.67. The summed E-state index contributed by atoms with van der Waals surface area (Å²) in [5.74, 6) is 1.26. The average molecular weight is 434 g/mol. The van der Waals surface area contributed by atoms with Crippen LogP contribution in [0.15, 0.2) is 51.2 Å². The molecular formula is C26H26O6. The fourth-order valence-corrected chi connectivity index (χ4v) is 3.83. The third kappa shape index (κ3) is 3.62. The van der Waals surface area contributed by atoms with Crippen molar-refractivity contribution in [2.75, 3.05) is 7.11 Å². The lowest BCUT2D eigenvalue weighted by Crippen LogP contribution is -2.22. The zero-order valence-corrected chi connectivity index (χ0v) is 18.7. The van der Waals surface area contributed by atoms with Crippen LogP contribution in [0.1, 0.15) is 44.9 Å². The molecule has 1 atom stereocenters. The van der Waals surface area contributed by atoms with E-state index in [2.05, 4.69) is 0 Å². The van der Waals surface area contributed by atoms with Crippen LogP contribution in [0.25, 0.3) is 28.4 Å². The van der Waals surface area contributed by atoms with Crippen LogP contribution in [0.2, 0.25) is 0 Å². The lowest BCUT2D eigenvalue weighted by atomic mass is 9.94. The molecule has 6 nitrogen and oxygen atoms in total. The summed E-state index contributed by atoms with van der Waals surface area (Å²) >= 11 is 0. The second kappa shape index (κ2) is 8.11. The summed E-state index contributed by atoms with van der Waals surface area (Å²) in [6, 6.07) is 6.26. The Morgan fingerprint density at radius 1 is 1.19 bits per heavy atom. The first-order chi connectivity index (χ1) is 15.2.